The summed E-state index contributed by atoms with van der Waals surface area (Å²) in [5.41, 5.74) is 4.81. The molecule has 196 valence electrons. The minimum absolute atomic E-state index is 0.249. The number of ether oxygens (including phenoxy) is 2. The Morgan fingerprint density at radius 2 is 1.37 bits per heavy atom. The van der Waals surface area contributed by atoms with Crippen LogP contribution in [-0.4, -0.2) is 48.3 Å². The fourth-order valence-electron chi connectivity index (χ4n) is 5.33. The minimum Gasteiger partial charge on any atom is -0.477 e. The molecule has 0 saturated heterocycles. The van der Waals surface area contributed by atoms with Gasteiger partial charge in [0.25, 0.3) is 0 Å². The molecule has 1 unspecified atom stereocenters. The van der Waals surface area contributed by atoms with Crippen molar-refractivity contribution in [2.24, 2.45) is 0 Å². The largest absolute Gasteiger partial charge is 0.477 e. The number of carboxylic acid groups (broad SMARTS) is 2. The molecule has 0 radical (unpaired) electrons. The molecule has 1 atom stereocenters. The monoisotopic (exact) mass is 520 g/mol. The van der Waals surface area contributed by atoms with E-state index in [2.05, 4.69) is 0 Å². The number of esters is 2. The highest BCUT2D eigenvalue weighted by molar-refractivity contribution is 6.04. The van der Waals surface area contributed by atoms with Crippen LogP contribution < -0.4 is 9.13 Å². The fraction of sp³-hybridized carbons (Fsp3) is 0.286. The zero-order chi connectivity index (χ0) is 27.9. The smallest absolute Gasteiger partial charge is 0.370 e. The first-order valence-electron chi connectivity index (χ1n) is 11.7. The molecule has 2 aromatic heterocycles. The lowest BCUT2D eigenvalue weighted by molar-refractivity contribution is -0.686. The second-order valence-corrected chi connectivity index (χ2v) is 9.57. The van der Waals surface area contributed by atoms with Crippen LogP contribution in [0.1, 0.15) is 63.7 Å². The van der Waals surface area contributed by atoms with Crippen LogP contribution in [0.15, 0.2) is 43.0 Å². The molecule has 4 rings (SSSR count). The first-order chi connectivity index (χ1) is 17.9. The Morgan fingerprint density at radius 3 is 1.89 bits per heavy atom. The van der Waals surface area contributed by atoms with Crippen molar-refractivity contribution in [2.75, 3.05) is 14.2 Å². The Hall–Kier alpha value is -4.60. The average molecular weight is 521 g/mol. The molecule has 2 aromatic rings. The van der Waals surface area contributed by atoms with Gasteiger partial charge in [0.05, 0.1) is 19.8 Å². The van der Waals surface area contributed by atoms with Crippen LogP contribution in [0, 0.1) is 0 Å². The summed E-state index contributed by atoms with van der Waals surface area (Å²) in [7, 11) is 2.54. The Kier molecular flexibility index (Phi) is 6.75. The van der Waals surface area contributed by atoms with Crippen molar-refractivity contribution in [3.8, 4) is 0 Å². The topological polar surface area (TPSA) is 135 Å². The van der Waals surface area contributed by atoms with Crippen molar-refractivity contribution < 1.29 is 48.0 Å². The predicted octanol–water partition coefficient (Wildman–Crippen LogP) is 2.18. The number of aromatic nitrogens is 2. The van der Waals surface area contributed by atoms with E-state index in [0.717, 1.165) is 16.7 Å². The summed E-state index contributed by atoms with van der Waals surface area (Å²) in [5, 5.41) is 18.7. The summed E-state index contributed by atoms with van der Waals surface area (Å²) in [6.07, 6.45) is 12.2. The molecule has 0 fully saturated rings. The van der Waals surface area contributed by atoms with Crippen molar-refractivity contribution in [1.29, 1.82) is 0 Å². The maximum absolute atomic E-state index is 12.6. The van der Waals surface area contributed by atoms with E-state index >= 15 is 0 Å². The quantitative estimate of drug-likeness (QED) is 0.419. The van der Waals surface area contributed by atoms with E-state index in [-0.39, 0.29) is 24.2 Å². The second-order valence-electron chi connectivity index (χ2n) is 9.57. The van der Waals surface area contributed by atoms with E-state index in [9.17, 15) is 29.4 Å². The number of aliphatic carboxylic acids is 2. The SMILES string of the molecule is COC(=O)c1c[n+](CC(=O)O)cc2c1C(C)=C/C2=C\C1(C)C=C(C)c2c(C(=O)OC)c[n+](CC(=O)O)cc21. The van der Waals surface area contributed by atoms with Crippen molar-refractivity contribution in [3.05, 3.63) is 76.4 Å². The lowest BCUT2D eigenvalue weighted by atomic mass is 9.82. The molecule has 10 nitrogen and oxygen atoms in total. The van der Waals surface area contributed by atoms with Gasteiger partial charge in [-0.1, -0.05) is 18.2 Å². The van der Waals surface area contributed by atoms with Crippen LogP contribution in [0.4, 0.5) is 0 Å². The summed E-state index contributed by atoms with van der Waals surface area (Å²) >= 11 is 0. The molecule has 0 amide bonds. The maximum atomic E-state index is 12.6. The van der Waals surface area contributed by atoms with E-state index in [0.29, 0.717) is 22.3 Å². The number of rotatable bonds is 7. The van der Waals surface area contributed by atoms with Gasteiger partial charge in [0, 0.05) is 22.1 Å². The summed E-state index contributed by atoms with van der Waals surface area (Å²) in [6.45, 7) is 4.98. The van der Waals surface area contributed by atoms with Gasteiger partial charge in [0.2, 0.25) is 13.1 Å². The molecule has 2 N–H and O–H groups in total. The van der Waals surface area contributed by atoms with Gasteiger partial charge in [0.1, 0.15) is 11.1 Å². The molecule has 38 heavy (non-hydrogen) atoms. The van der Waals surface area contributed by atoms with Crippen LogP contribution in [0.2, 0.25) is 0 Å². The number of pyridine rings is 2. The molecule has 2 aliphatic carbocycles. The molecular weight excluding hydrogens is 492 g/mol. The van der Waals surface area contributed by atoms with Crippen LogP contribution in [0.5, 0.6) is 0 Å². The molecule has 0 saturated carbocycles. The van der Waals surface area contributed by atoms with E-state index < -0.39 is 29.3 Å². The molecule has 2 aliphatic rings. The number of nitrogens with zero attached hydrogens (tertiary/aromatic N) is 2. The number of carbonyl (C=O) groups excluding carboxylic acids is 2. The van der Waals surface area contributed by atoms with E-state index in [1.165, 1.54) is 35.7 Å². The van der Waals surface area contributed by atoms with Gasteiger partial charge in [-0.25, -0.2) is 19.2 Å². The maximum Gasteiger partial charge on any atom is 0.370 e. The highest BCUT2D eigenvalue weighted by atomic mass is 16.5. The number of carboxylic acids is 2. The van der Waals surface area contributed by atoms with Crippen molar-refractivity contribution in [2.45, 2.75) is 39.3 Å². The van der Waals surface area contributed by atoms with Gasteiger partial charge < -0.3 is 19.7 Å². The van der Waals surface area contributed by atoms with Gasteiger partial charge in [-0.3, -0.25) is 0 Å². The van der Waals surface area contributed by atoms with Crippen molar-refractivity contribution in [3.63, 3.8) is 0 Å². The molecule has 10 heteroatoms. The lowest BCUT2D eigenvalue weighted by Gasteiger charge is -2.20. The average Bonchev–Trinajstić information content (AvgIpc) is 3.28. The lowest BCUT2D eigenvalue weighted by Crippen LogP contribution is -2.40. The molecule has 0 spiro atoms. The summed E-state index contributed by atoms with van der Waals surface area (Å²) in [6, 6.07) is 0. The Bertz CT molecular complexity index is 1520. The summed E-state index contributed by atoms with van der Waals surface area (Å²) in [4.78, 5) is 48.1. The number of hydrogen-bond donors (Lipinski definition) is 2. The van der Waals surface area contributed by atoms with E-state index in [1.54, 1.807) is 12.4 Å². The minimum atomic E-state index is -1.06. The van der Waals surface area contributed by atoms with Gasteiger partial charge in [-0.2, -0.15) is 9.13 Å². The third-order valence-corrected chi connectivity index (χ3v) is 6.73. The molecule has 0 bridgehead atoms. The number of carbonyl (C=O) groups is 4. The first kappa shape index (κ1) is 26.5. The molecule has 0 aliphatic heterocycles. The Morgan fingerprint density at radius 1 is 0.842 bits per heavy atom. The number of methoxy groups -OCH3 is 2. The first-order valence-corrected chi connectivity index (χ1v) is 11.7. The standard InChI is InChI=1S/C28H26N2O8/c1-15-6-17(18-9-29(13-22(31)32)10-19(24(15)18)26(35)37-4)8-28(3)7-16(2)25-20(27(36)38-5)11-30(12-21(25)28)14-23(33)34/h6-12H,13-14H2,1-5H3/p+2/b17-8+. The Balaban J connectivity index is 1.95. The summed E-state index contributed by atoms with van der Waals surface area (Å²) in [5.74, 6) is -3.28. The van der Waals surface area contributed by atoms with Crippen molar-refractivity contribution in [1.82, 2.24) is 0 Å². The highest BCUT2D eigenvalue weighted by Gasteiger charge is 2.39. The normalized spacial score (nSPS) is 18.4. The Labute approximate surface area is 218 Å². The van der Waals surface area contributed by atoms with Crippen molar-refractivity contribution >= 4 is 40.6 Å². The fourth-order valence-corrected chi connectivity index (χ4v) is 5.33. The third-order valence-electron chi connectivity index (χ3n) is 6.73. The van der Waals surface area contributed by atoms with Crippen LogP contribution in [0.3, 0.4) is 0 Å². The van der Waals surface area contributed by atoms with Crippen LogP contribution in [-0.2, 0) is 37.6 Å². The summed E-state index contributed by atoms with van der Waals surface area (Å²) < 4.78 is 12.8. The van der Waals surface area contributed by atoms with Crippen LogP contribution in [0.25, 0.3) is 16.7 Å². The predicted molar refractivity (Wildman–Crippen MR) is 134 cm³/mol. The van der Waals surface area contributed by atoms with Gasteiger partial charge in [-0.05, 0) is 37.5 Å². The molecular formula is C28H28N2O8+2. The molecule has 0 aromatic carbocycles. The van der Waals surface area contributed by atoms with Gasteiger partial charge in [-0.15, -0.1) is 0 Å². The van der Waals surface area contributed by atoms with E-state index in [1.807, 2.05) is 39.0 Å². The second kappa shape index (κ2) is 9.70. The molecule has 2 heterocycles. The number of hydrogen-bond acceptors (Lipinski definition) is 6. The van der Waals surface area contributed by atoms with Gasteiger partial charge >= 0.3 is 23.9 Å². The highest BCUT2D eigenvalue weighted by Crippen LogP contribution is 2.46. The zero-order valence-electron chi connectivity index (χ0n) is 21.7. The third kappa shape index (κ3) is 4.60. The van der Waals surface area contributed by atoms with E-state index in [4.69, 9.17) is 9.47 Å². The van der Waals surface area contributed by atoms with Crippen LogP contribution >= 0.6 is 0 Å². The van der Waals surface area contributed by atoms with Gasteiger partial charge in [0.15, 0.2) is 24.8 Å². The number of allylic oxidation sites excluding steroid dienone is 6. The number of fused-ring (bicyclic) bond motifs is 2. The zero-order valence-corrected chi connectivity index (χ0v) is 21.7.